The van der Waals surface area contributed by atoms with Gasteiger partial charge in [-0.15, -0.1) is 0 Å². The van der Waals surface area contributed by atoms with Crippen LogP contribution in [0.25, 0.3) is 0 Å². The van der Waals surface area contributed by atoms with Crippen molar-refractivity contribution in [2.45, 2.75) is 6.42 Å². The standard InChI is InChI=1S/C15H16N2/c1-16-17-15(14-10-6-3-7-11-14)12-13-8-4-2-5-9-13/h2-11,16H,12H2,1H3/b17-15+. The van der Waals surface area contributed by atoms with Crippen molar-refractivity contribution in [3.05, 3.63) is 71.8 Å². The maximum Gasteiger partial charge on any atom is 0.0718 e. The molecule has 0 fully saturated rings. The highest BCUT2D eigenvalue weighted by Gasteiger charge is 2.04. The number of nitrogens with one attached hydrogen (secondary N) is 1. The van der Waals surface area contributed by atoms with Crippen molar-refractivity contribution in [3.8, 4) is 0 Å². The second kappa shape index (κ2) is 5.85. The van der Waals surface area contributed by atoms with E-state index in [2.05, 4.69) is 46.9 Å². The van der Waals surface area contributed by atoms with Gasteiger partial charge in [0.15, 0.2) is 0 Å². The molecule has 1 N–H and O–H groups in total. The average Bonchev–Trinajstić information content (AvgIpc) is 2.40. The molecular weight excluding hydrogens is 208 g/mol. The molecule has 2 heteroatoms. The van der Waals surface area contributed by atoms with E-state index in [4.69, 9.17) is 0 Å². The normalized spacial score (nSPS) is 11.2. The summed E-state index contributed by atoms with van der Waals surface area (Å²) in [6.45, 7) is 0. The predicted octanol–water partition coefficient (Wildman–Crippen LogP) is 2.85. The first-order valence-corrected chi connectivity index (χ1v) is 5.73. The zero-order chi connectivity index (χ0) is 11.9. The van der Waals surface area contributed by atoms with E-state index < -0.39 is 0 Å². The summed E-state index contributed by atoms with van der Waals surface area (Å²) in [7, 11) is 1.83. The van der Waals surface area contributed by atoms with Crippen molar-refractivity contribution >= 4 is 5.71 Å². The number of hydrogen-bond donors (Lipinski definition) is 1. The molecule has 0 aliphatic rings. The molecule has 2 nitrogen and oxygen atoms in total. The molecule has 0 heterocycles. The molecule has 0 amide bonds. The number of hydrogen-bond acceptors (Lipinski definition) is 2. The molecule has 2 aromatic rings. The van der Waals surface area contributed by atoms with Crippen LogP contribution >= 0.6 is 0 Å². The van der Waals surface area contributed by atoms with Crippen LogP contribution in [0, 0.1) is 0 Å². The quantitative estimate of drug-likeness (QED) is 0.626. The van der Waals surface area contributed by atoms with Crippen LogP contribution in [0.3, 0.4) is 0 Å². The molecule has 2 aromatic carbocycles. The molecule has 0 aliphatic carbocycles. The molecule has 0 atom stereocenters. The third kappa shape index (κ3) is 3.18. The highest BCUT2D eigenvalue weighted by molar-refractivity contribution is 6.01. The summed E-state index contributed by atoms with van der Waals surface area (Å²) in [6.07, 6.45) is 0.839. The lowest BCUT2D eigenvalue weighted by Crippen LogP contribution is -2.10. The van der Waals surface area contributed by atoms with Gasteiger partial charge in [-0.25, -0.2) is 0 Å². The van der Waals surface area contributed by atoms with Crippen molar-refractivity contribution in [1.82, 2.24) is 5.43 Å². The lowest BCUT2D eigenvalue weighted by Gasteiger charge is -2.06. The van der Waals surface area contributed by atoms with Crippen LogP contribution in [0.4, 0.5) is 0 Å². The average molecular weight is 224 g/mol. The van der Waals surface area contributed by atoms with Gasteiger partial charge < -0.3 is 5.43 Å². The molecule has 0 unspecified atom stereocenters. The van der Waals surface area contributed by atoms with E-state index in [1.807, 2.05) is 31.3 Å². The van der Waals surface area contributed by atoms with Gasteiger partial charge in [0.25, 0.3) is 0 Å². The van der Waals surface area contributed by atoms with Crippen LogP contribution in [0.2, 0.25) is 0 Å². The Kier molecular flexibility index (Phi) is 3.92. The zero-order valence-electron chi connectivity index (χ0n) is 9.93. The second-order valence-electron chi connectivity index (χ2n) is 3.81. The van der Waals surface area contributed by atoms with Crippen LogP contribution in [0.1, 0.15) is 11.1 Å². The minimum Gasteiger partial charge on any atom is -0.313 e. The lowest BCUT2D eigenvalue weighted by atomic mass is 10.0. The van der Waals surface area contributed by atoms with Crippen molar-refractivity contribution in [1.29, 1.82) is 0 Å². The van der Waals surface area contributed by atoms with E-state index in [0.717, 1.165) is 17.7 Å². The number of nitrogens with zero attached hydrogens (tertiary/aromatic N) is 1. The first-order valence-electron chi connectivity index (χ1n) is 5.73. The van der Waals surface area contributed by atoms with Gasteiger partial charge in [-0.1, -0.05) is 60.7 Å². The number of hydrazone groups is 1. The Morgan fingerprint density at radius 2 is 1.53 bits per heavy atom. The molecule has 0 aliphatic heterocycles. The predicted molar refractivity (Wildman–Crippen MR) is 72.2 cm³/mol. The van der Waals surface area contributed by atoms with Crippen LogP contribution in [-0.4, -0.2) is 12.8 Å². The maximum atomic E-state index is 4.36. The van der Waals surface area contributed by atoms with Crippen molar-refractivity contribution < 1.29 is 0 Å². The minimum absolute atomic E-state index is 0.839. The first-order chi connectivity index (χ1) is 8.40. The third-order valence-corrected chi connectivity index (χ3v) is 2.57. The summed E-state index contributed by atoms with van der Waals surface area (Å²) in [6, 6.07) is 20.6. The van der Waals surface area contributed by atoms with E-state index in [0.29, 0.717) is 0 Å². The molecule has 0 bridgehead atoms. The topological polar surface area (TPSA) is 24.4 Å². The smallest absolute Gasteiger partial charge is 0.0718 e. The fourth-order valence-electron chi connectivity index (χ4n) is 1.76. The molecule has 0 spiro atoms. The molecule has 0 saturated carbocycles. The zero-order valence-corrected chi connectivity index (χ0v) is 9.93. The SMILES string of the molecule is CN/N=C(\Cc1ccccc1)c1ccccc1. The van der Waals surface area contributed by atoms with Gasteiger partial charge in [0.05, 0.1) is 5.71 Å². The van der Waals surface area contributed by atoms with E-state index in [1.165, 1.54) is 5.56 Å². The van der Waals surface area contributed by atoms with E-state index in [9.17, 15) is 0 Å². The van der Waals surface area contributed by atoms with Crippen molar-refractivity contribution in [3.63, 3.8) is 0 Å². The van der Waals surface area contributed by atoms with Gasteiger partial charge in [0.1, 0.15) is 0 Å². The van der Waals surface area contributed by atoms with Gasteiger partial charge in [-0.2, -0.15) is 5.10 Å². The number of rotatable bonds is 4. The number of benzene rings is 2. The molecule has 0 saturated heterocycles. The Balaban J connectivity index is 2.23. The van der Waals surface area contributed by atoms with Crippen LogP contribution < -0.4 is 5.43 Å². The van der Waals surface area contributed by atoms with Crippen molar-refractivity contribution in [2.24, 2.45) is 5.10 Å². The van der Waals surface area contributed by atoms with Crippen LogP contribution in [-0.2, 0) is 6.42 Å². The van der Waals surface area contributed by atoms with Gasteiger partial charge in [0, 0.05) is 13.5 Å². The molecule has 17 heavy (non-hydrogen) atoms. The van der Waals surface area contributed by atoms with Crippen LogP contribution in [0.5, 0.6) is 0 Å². The highest BCUT2D eigenvalue weighted by Crippen LogP contribution is 2.08. The fourth-order valence-corrected chi connectivity index (χ4v) is 1.76. The first kappa shape index (κ1) is 11.4. The second-order valence-corrected chi connectivity index (χ2v) is 3.81. The molecule has 0 aromatic heterocycles. The molecule has 0 radical (unpaired) electrons. The summed E-state index contributed by atoms with van der Waals surface area (Å²) < 4.78 is 0. The summed E-state index contributed by atoms with van der Waals surface area (Å²) in [5.74, 6) is 0. The summed E-state index contributed by atoms with van der Waals surface area (Å²) >= 11 is 0. The summed E-state index contributed by atoms with van der Waals surface area (Å²) in [5, 5.41) is 4.36. The Hall–Kier alpha value is -2.09. The van der Waals surface area contributed by atoms with Gasteiger partial charge in [-0.05, 0) is 11.1 Å². The third-order valence-electron chi connectivity index (χ3n) is 2.57. The highest BCUT2D eigenvalue weighted by atomic mass is 15.3. The van der Waals surface area contributed by atoms with Gasteiger partial charge >= 0.3 is 0 Å². The Morgan fingerprint density at radius 3 is 2.12 bits per heavy atom. The molecule has 2 rings (SSSR count). The largest absolute Gasteiger partial charge is 0.313 e. The Morgan fingerprint density at radius 1 is 0.941 bits per heavy atom. The maximum absolute atomic E-state index is 4.36. The van der Waals surface area contributed by atoms with Gasteiger partial charge in [0.2, 0.25) is 0 Å². The van der Waals surface area contributed by atoms with Crippen molar-refractivity contribution in [2.75, 3.05) is 7.05 Å². The molecule has 86 valence electrons. The van der Waals surface area contributed by atoms with E-state index in [-0.39, 0.29) is 0 Å². The molecular formula is C15H16N2. The minimum atomic E-state index is 0.839. The Bertz CT molecular complexity index is 475. The fraction of sp³-hybridized carbons (Fsp3) is 0.133. The lowest BCUT2D eigenvalue weighted by molar-refractivity contribution is 0.894. The summed E-state index contributed by atoms with van der Waals surface area (Å²) in [4.78, 5) is 0. The van der Waals surface area contributed by atoms with Gasteiger partial charge in [-0.3, -0.25) is 0 Å². The summed E-state index contributed by atoms with van der Waals surface area (Å²) in [5.41, 5.74) is 6.36. The monoisotopic (exact) mass is 224 g/mol. The van der Waals surface area contributed by atoms with Crippen LogP contribution in [0.15, 0.2) is 65.8 Å². The Labute approximate surface area is 102 Å². The van der Waals surface area contributed by atoms with E-state index >= 15 is 0 Å². The van der Waals surface area contributed by atoms with E-state index in [1.54, 1.807) is 0 Å².